The molecular formula is C20H26N4O. The van der Waals surface area contributed by atoms with Crippen molar-refractivity contribution in [1.29, 1.82) is 0 Å². The second-order valence-corrected chi connectivity index (χ2v) is 7.96. The molecule has 2 aliphatic rings. The zero-order chi connectivity index (χ0) is 17.6. The number of rotatable bonds is 3. The Morgan fingerprint density at radius 2 is 2.12 bits per heavy atom. The quantitative estimate of drug-likeness (QED) is 0.934. The number of anilines is 1. The number of nitrogens with zero attached hydrogens (tertiary/aromatic N) is 3. The van der Waals surface area contributed by atoms with Crippen molar-refractivity contribution in [2.45, 2.75) is 32.7 Å². The Hall–Kier alpha value is -2.14. The van der Waals surface area contributed by atoms with Gasteiger partial charge in [0.25, 0.3) is 5.56 Å². The van der Waals surface area contributed by atoms with Crippen molar-refractivity contribution < 1.29 is 0 Å². The van der Waals surface area contributed by atoms with E-state index in [1.165, 1.54) is 6.42 Å². The molecule has 0 aromatic carbocycles. The molecule has 25 heavy (non-hydrogen) atoms. The Bertz CT molecular complexity index is 842. The van der Waals surface area contributed by atoms with Crippen LogP contribution in [0.3, 0.4) is 0 Å². The number of fused-ring (bicyclic) bond motifs is 4. The summed E-state index contributed by atoms with van der Waals surface area (Å²) in [6, 6.07) is 7.67. The van der Waals surface area contributed by atoms with Crippen molar-refractivity contribution in [2.24, 2.45) is 11.8 Å². The van der Waals surface area contributed by atoms with Crippen molar-refractivity contribution in [3.05, 3.63) is 46.5 Å². The van der Waals surface area contributed by atoms with Gasteiger partial charge in [0, 0.05) is 55.6 Å². The maximum atomic E-state index is 12.7. The van der Waals surface area contributed by atoms with Crippen molar-refractivity contribution in [2.75, 3.05) is 25.4 Å². The summed E-state index contributed by atoms with van der Waals surface area (Å²) in [5.74, 6) is 2.15. The Balaban J connectivity index is 1.73. The SMILES string of the molecule is CC(C)CN1C[C@@H]2C[C@H](C1)c1cc(-c3cccnc3N)cc(=O)n1C2. The van der Waals surface area contributed by atoms with Gasteiger partial charge < -0.3 is 15.2 Å². The van der Waals surface area contributed by atoms with Crippen molar-refractivity contribution in [1.82, 2.24) is 14.5 Å². The smallest absolute Gasteiger partial charge is 0.251 e. The first-order valence-corrected chi connectivity index (χ1v) is 9.19. The number of nitrogen functional groups attached to an aromatic ring is 1. The minimum atomic E-state index is 0.0859. The molecule has 4 rings (SSSR count). The van der Waals surface area contributed by atoms with Gasteiger partial charge in [-0.15, -0.1) is 0 Å². The highest BCUT2D eigenvalue weighted by atomic mass is 16.1. The molecule has 4 heterocycles. The maximum Gasteiger partial charge on any atom is 0.251 e. The largest absolute Gasteiger partial charge is 0.383 e. The van der Waals surface area contributed by atoms with E-state index >= 15 is 0 Å². The van der Waals surface area contributed by atoms with Gasteiger partial charge in [-0.25, -0.2) is 4.98 Å². The normalized spacial score (nSPS) is 22.8. The van der Waals surface area contributed by atoms with E-state index in [1.54, 1.807) is 12.3 Å². The number of piperidine rings is 1. The first-order valence-electron chi connectivity index (χ1n) is 9.19. The van der Waals surface area contributed by atoms with Crippen LogP contribution in [0.1, 0.15) is 31.9 Å². The highest BCUT2D eigenvalue weighted by Crippen LogP contribution is 2.37. The van der Waals surface area contributed by atoms with Gasteiger partial charge in [0.05, 0.1) is 0 Å². The molecule has 2 N–H and O–H groups in total. The molecule has 0 unspecified atom stereocenters. The van der Waals surface area contributed by atoms with Crippen LogP contribution < -0.4 is 11.3 Å². The van der Waals surface area contributed by atoms with Crippen molar-refractivity contribution >= 4 is 5.82 Å². The summed E-state index contributed by atoms with van der Waals surface area (Å²) in [7, 11) is 0. The van der Waals surface area contributed by atoms with Gasteiger partial charge in [-0.3, -0.25) is 4.79 Å². The van der Waals surface area contributed by atoms with Gasteiger partial charge >= 0.3 is 0 Å². The molecule has 1 saturated heterocycles. The number of aromatic nitrogens is 2. The van der Waals surface area contributed by atoms with Crippen LogP contribution in [0.25, 0.3) is 11.1 Å². The van der Waals surface area contributed by atoms with E-state index in [-0.39, 0.29) is 5.56 Å². The lowest BCUT2D eigenvalue weighted by molar-refractivity contribution is 0.109. The van der Waals surface area contributed by atoms with E-state index in [4.69, 9.17) is 5.73 Å². The van der Waals surface area contributed by atoms with Gasteiger partial charge in [-0.05, 0) is 42.0 Å². The lowest BCUT2D eigenvalue weighted by atomic mass is 9.82. The molecule has 2 bridgehead atoms. The minimum absolute atomic E-state index is 0.0859. The summed E-state index contributed by atoms with van der Waals surface area (Å²) in [6.45, 7) is 8.66. The van der Waals surface area contributed by atoms with Gasteiger partial charge in [-0.1, -0.05) is 13.8 Å². The van der Waals surface area contributed by atoms with Crippen molar-refractivity contribution in [3.63, 3.8) is 0 Å². The molecule has 2 aliphatic heterocycles. The molecule has 2 aromatic heterocycles. The number of pyridine rings is 2. The molecular weight excluding hydrogens is 312 g/mol. The number of likely N-dealkylation sites (tertiary alicyclic amines) is 1. The second-order valence-electron chi connectivity index (χ2n) is 7.96. The van der Waals surface area contributed by atoms with Crippen LogP contribution >= 0.6 is 0 Å². The molecule has 132 valence electrons. The Kier molecular flexibility index (Phi) is 4.12. The molecule has 1 fully saturated rings. The molecule has 0 aliphatic carbocycles. The standard InChI is InChI=1S/C20H26N4O/c1-13(2)9-23-10-14-6-16(12-23)18-7-15(8-19(25)24(18)11-14)17-4-3-5-22-20(17)21/h3-5,7-8,13-14,16H,6,9-12H2,1-2H3,(H2,21,22)/t14-,16+/m0/s1. The minimum Gasteiger partial charge on any atom is -0.383 e. The van der Waals surface area contributed by atoms with Crippen LogP contribution in [0.4, 0.5) is 5.82 Å². The number of hydrogen-bond acceptors (Lipinski definition) is 4. The van der Waals surface area contributed by atoms with Gasteiger partial charge in [0.2, 0.25) is 0 Å². The second kappa shape index (κ2) is 6.30. The molecule has 0 radical (unpaired) electrons. The molecule has 5 nitrogen and oxygen atoms in total. The first kappa shape index (κ1) is 16.3. The zero-order valence-electron chi connectivity index (χ0n) is 15.0. The predicted molar refractivity (Wildman–Crippen MR) is 100 cm³/mol. The van der Waals surface area contributed by atoms with E-state index in [0.29, 0.717) is 23.6 Å². The summed E-state index contributed by atoms with van der Waals surface area (Å²) < 4.78 is 1.99. The van der Waals surface area contributed by atoms with Crippen LogP contribution in [-0.2, 0) is 6.54 Å². The van der Waals surface area contributed by atoms with Crippen LogP contribution in [-0.4, -0.2) is 34.1 Å². The van der Waals surface area contributed by atoms with Crippen LogP contribution in [0.15, 0.2) is 35.3 Å². The van der Waals surface area contributed by atoms with E-state index < -0.39 is 0 Å². The zero-order valence-corrected chi connectivity index (χ0v) is 15.0. The molecule has 2 atom stereocenters. The maximum absolute atomic E-state index is 12.7. The Labute approximate surface area is 148 Å². The highest BCUT2D eigenvalue weighted by Gasteiger charge is 2.35. The average Bonchev–Trinajstić information content (AvgIpc) is 2.55. The molecule has 2 aromatic rings. The van der Waals surface area contributed by atoms with Gasteiger partial charge in [0.1, 0.15) is 5.82 Å². The first-order chi connectivity index (χ1) is 12.0. The average molecular weight is 338 g/mol. The third kappa shape index (κ3) is 3.09. The summed E-state index contributed by atoms with van der Waals surface area (Å²) >= 11 is 0. The summed E-state index contributed by atoms with van der Waals surface area (Å²) in [6.07, 6.45) is 2.86. The lowest BCUT2D eigenvalue weighted by Gasteiger charge is -2.43. The molecule has 0 amide bonds. The molecule has 0 saturated carbocycles. The van der Waals surface area contributed by atoms with Crippen LogP contribution in [0, 0.1) is 11.8 Å². The number of hydrogen-bond donors (Lipinski definition) is 1. The molecule has 0 spiro atoms. The van der Waals surface area contributed by atoms with Crippen molar-refractivity contribution in [3.8, 4) is 11.1 Å². The van der Waals surface area contributed by atoms with Gasteiger partial charge in [0.15, 0.2) is 0 Å². The third-order valence-corrected chi connectivity index (χ3v) is 5.40. The third-order valence-electron chi connectivity index (χ3n) is 5.40. The van der Waals surface area contributed by atoms with Gasteiger partial charge in [-0.2, -0.15) is 0 Å². The summed E-state index contributed by atoms with van der Waals surface area (Å²) in [4.78, 5) is 19.5. The topological polar surface area (TPSA) is 64.2 Å². The van der Waals surface area contributed by atoms with E-state index in [1.807, 2.05) is 16.7 Å². The van der Waals surface area contributed by atoms with Crippen LogP contribution in [0.5, 0.6) is 0 Å². The number of nitrogens with two attached hydrogens (primary N) is 1. The summed E-state index contributed by atoms with van der Waals surface area (Å²) in [5.41, 5.74) is 9.01. The lowest BCUT2D eigenvalue weighted by Crippen LogP contribution is -2.48. The van der Waals surface area contributed by atoms with E-state index in [0.717, 1.165) is 43.0 Å². The van der Waals surface area contributed by atoms with Crippen LogP contribution in [0.2, 0.25) is 0 Å². The fraction of sp³-hybridized carbons (Fsp3) is 0.500. The summed E-state index contributed by atoms with van der Waals surface area (Å²) in [5, 5.41) is 0. The van der Waals surface area contributed by atoms with E-state index in [2.05, 4.69) is 29.8 Å². The molecule has 5 heteroatoms. The fourth-order valence-electron chi connectivity index (χ4n) is 4.54. The fourth-order valence-corrected chi connectivity index (χ4v) is 4.54. The Morgan fingerprint density at radius 1 is 1.28 bits per heavy atom. The highest BCUT2D eigenvalue weighted by molar-refractivity contribution is 5.73. The Morgan fingerprint density at radius 3 is 2.88 bits per heavy atom. The predicted octanol–water partition coefficient (Wildman–Crippen LogP) is 2.57. The van der Waals surface area contributed by atoms with E-state index in [9.17, 15) is 4.79 Å². The monoisotopic (exact) mass is 338 g/mol.